The first-order valence-electron chi connectivity index (χ1n) is 7.48. The van der Waals surface area contributed by atoms with Crippen molar-refractivity contribution >= 4 is 17.6 Å². The number of aliphatic carboxylic acids is 1. The molecule has 6 nitrogen and oxygen atoms in total. The van der Waals surface area contributed by atoms with Gasteiger partial charge < -0.3 is 9.63 Å². The van der Waals surface area contributed by atoms with Crippen LogP contribution in [-0.4, -0.2) is 58.8 Å². The van der Waals surface area contributed by atoms with Gasteiger partial charge in [-0.15, -0.1) is 0 Å². The number of halogens is 1. The molecule has 0 bridgehead atoms. The van der Waals surface area contributed by atoms with Crippen molar-refractivity contribution < 1.29 is 14.4 Å². The molecule has 23 heavy (non-hydrogen) atoms. The topological polar surface area (TPSA) is 69.8 Å². The Morgan fingerprint density at radius 2 is 1.83 bits per heavy atom. The number of carboxylic acids is 1. The van der Waals surface area contributed by atoms with Gasteiger partial charge in [0.2, 0.25) is 0 Å². The van der Waals surface area contributed by atoms with E-state index in [-0.39, 0.29) is 6.54 Å². The molecule has 0 aliphatic carbocycles. The fourth-order valence-electron chi connectivity index (χ4n) is 2.66. The van der Waals surface area contributed by atoms with E-state index < -0.39 is 5.97 Å². The highest BCUT2D eigenvalue weighted by molar-refractivity contribution is 6.30. The van der Waals surface area contributed by atoms with Gasteiger partial charge in [-0.3, -0.25) is 14.6 Å². The van der Waals surface area contributed by atoms with Gasteiger partial charge in [0.1, 0.15) is 5.69 Å². The number of aromatic nitrogens is 1. The van der Waals surface area contributed by atoms with Crippen molar-refractivity contribution in [2.24, 2.45) is 0 Å². The first-order valence-corrected chi connectivity index (χ1v) is 7.86. The number of rotatable bonds is 5. The number of nitrogens with zero attached hydrogens (tertiary/aromatic N) is 3. The SMILES string of the molecule is O=C(O)CN1CCN(Cc2cc(-c3ccc(Cl)cc3)no2)CC1. The molecule has 1 aromatic heterocycles. The van der Waals surface area contributed by atoms with Crippen molar-refractivity contribution in [3.05, 3.63) is 41.1 Å². The average molecular weight is 336 g/mol. The molecule has 0 unspecified atom stereocenters. The smallest absolute Gasteiger partial charge is 0.317 e. The molecule has 2 aromatic rings. The van der Waals surface area contributed by atoms with Crippen molar-refractivity contribution in [1.82, 2.24) is 15.0 Å². The van der Waals surface area contributed by atoms with E-state index in [4.69, 9.17) is 21.2 Å². The minimum absolute atomic E-state index is 0.108. The molecule has 1 aromatic carbocycles. The van der Waals surface area contributed by atoms with Gasteiger partial charge in [-0.05, 0) is 12.1 Å². The summed E-state index contributed by atoms with van der Waals surface area (Å²) in [6, 6.07) is 9.41. The maximum Gasteiger partial charge on any atom is 0.317 e. The lowest BCUT2D eigenvalue weighted by Crippen LogP contribution is -2.47. The van der Waals surface area contributed by atoms with Gasteiger partial charge in [-0.2, -0.15) is 0 Å². The van der Waals surface area contributed by atoms with Crippen molar-refractivity contribution in [2.45, 2.75) is 6.54 Å². The zero-order valence-corrected chi connectivity index (χ0v) is 13.4. The van der Waals surface area contributed by atoms with Crippen LogP contribution in [0.3, 0.4) is 0 Å². The van der Waals surface area contributed by atoms with Gasteiger partial charge in [-0.1, -0.05) is 28.9 Å². The molecule has 1 aliphatic heterocycles. The van der Waals surface area contributed by atoms with Crippen LogP contribution in [0.4, 0.5) is 0 Å². The molecule has 0 amide bonds. The van der Waals surface area contributed by atoms with Gasteiger partial charge in [0.15, 0.2) is 5.76 Å². The maximum absolute atomic E-state index is 10.7. The fraction of sp³-hybridized carbons (Fsp3) is 0.375. The maximum atomic E-state index is 10.7. The van der Waals surface area contributed by atoms with Gasteiger partial charge in [0.25, 0.3) is 0 Å². The van der Waals surface area contributed by atoms with Crippen LogP contribution in [0.2, 0.25) is 5.02 Å². The highest BCUT2D eigenvalue weighted by atomic mass is 35.5. The van der Waals surface area contributed by atoms with Crippen LogP contribution >= 0.6 is 11.6 Å². The Bertz CT molecular complexity index is 663. The van der Waals surface area contributed by atoms with E-state index in [1.165, 1.54) is 0 Å². The number of piperazine rings is 1. The molecule has 122 valence electrons. The van der Waals surface area contributed by atoms with Crippen molar-refractivity contribution in [3.8, 4) is 11.3 Å². The summed E-state index contributed by atoms with van der Waals surface area (Å²) in [6.07, 6.45) is 0. The van der Waals surface area contributed by atoms with Crippen LogP contribution < -0.4 is 0 Å². The van der Waals surface area contributed by atoms with Crippen LogP contribution in [-0.2, 0) is 11.3 Å². The highest BCUT2D eigenvalue weighted by Crippen LogP contribution is 2.22. The Kier molecular flexibility index (Phi) is 4.95. The molecule has 3 rings (SSSR count). The predicted molar refractivity (Wildman–Crippen MR) is 86.3 cm³/mol. The molecule has 1 saturated heterocycles. The fourth-order valence-corrected chi connectivity index (χ4v) is 2.79. The van der Waals surface area contributed by atoms with Crippen LogP contribution in [0, 0.1) is 0 Å². The summed E-state index contributed by atoms with van der Waals surface area (Å²) in [6.45, 7) is 3.95. The minimum Gasteiger partial charge on any atom is -0.480 e. The third-order valence-corrected chi connectivity index (χ3v) is 4.15. The van der Waals surface area contributed by atoms with Crippen LogP contribution in [0.5, 0.6) is 0 Å². The summed E-state index contributed by atoms with van der Waals surface area (Å²) in [5.74, 6) is 0.0305. The number of hydrogen-bond acceptors (Lipinski definition) is 5. The second-order valence-electron chi connectivity index (χ2n) is 5.63. The number of carboxylic acid groups (broad SMARTS) is 1. The Morgan fingerprint density at radius 1 is 1.17 bits per heavy atom. The lowest BCUT2D eigenvalue weighted by atomic mass is 10.1. The molecule has 0 radical (unpaired) electrons. The zero-order chi connectivity index (χ0) is 16.2. The quantitative estimate of drug-likeness (QED) is 0.903. The number of benzene rings is 1. The average Bonchev–Trinajstić information content (AvgIpc) is 2.98. The van der Waals surface area contributed by atoms with E-state index in [9.17, 15) is 4.79 Å². The monoisotopic (exact) mass is 335 g/mol. The molecule has 0 saturated carbocycles. The molecule has 0 spiro atoms. The lowest BCUT2D eigenvalue weighted by Gasteiger charge is -2.33. The van der Waals surface area contributed by atoms with Crippen LogP contribution in [0.25, 0.3) is 11.3 Å². The van der Waals surface area contributed by atoms with Crippen LogP contribution in [0.15, 0.2) is 34.9 Å². The lowest BCUT2D eigenvalue weighted by molar-refractivity contribution is -0.138. The van der Waals surface area contributed by atoms with Crippen LogP contribution in [0.1, 0.15) is 5.76 Å². The van der Waals surface area contributed by atoms with E-state index in [1.54, 1.807) is 0 Å². The van der Waals surface area contributed by atoms with Crippen molar-refractivity contribution in [1.29, 1.82) is 0 Å². The zero-order valence-electron chi connectivity index (χ0n) is 12.6. The Morgan fingerprint density at radius 3 is 2.48 bits per heavy atom. The normalized spacial score (nSPS) is 16.6. The molecular formula is C16H18ClN3O3. The molecular weight excluding hydrogens is 318 g/mol. The van der Waals surface area contributed by atoms with Crippen molar-refractivity contribution in [2.75, 3.05) is 32.7 Å². The molecule has 2 heterocycles. The van der Waals surface area contributed by atoms with Gasteiger partial charge in [0.05, 0.1) is 13.1 Å². The predicted octanol–water partition coefficient (Wildman–Crippen LogP) is 2.20. The molecule has 1 aliphatic rings. The van der Waals surface area contributed by atoms with E-state index >= 15 is 0 Å². The second-order valence-corrected chi connectivity index (χ2v) is 6.07. The molecule has 1 fully saturated rings. The third kappa shape index (κ3) is 4.31. The summed E-state index contributed by atoms with van der Waals surface area (Å²) in [5.41, 5.74) is 1.76. The minimum atomic E-state index is -0.777. The van der Waals surface area contributed by atoms with Gasteiger partial charge >= 0.3 is 5.97 Å². The molecule has 0 atom stereocenters. The summed E-state index contributed by atoms with van der Waals surface area (Å²) in [7, 11) is 0. The number of hydrogen-bond donors (Lipinski definition) is 1. The second kappa shape index (κ2) is 7.12. The third-order valence-electron chi connectivity index (χ3n) is 3.90. The molecule has 7 heteroatoms. The Hall–Kier alpha value is -1.89. The van der Waals surface area contributed by atoms with E-state index in [2.05, 4.69) is 10.1 Å². The molecule has 1 N–H and O–H groups in total. The standard InChI is InChI=1S/C16H18ClN3O3/c17-13-3-1-12(2-4-13)15-9-14(23-18-15)10-19-5-7-20(8-6-19)11-16(21)22/h1-4,9H,5-8,10-11H2,(H,21,22). The summed E-state index contributed by atoms with van der Waals surface area (Å²) in [4.78, 5) is 14.9. The Balaban J connectivity index is 1.56. The first kappa shape index (κ1) is 16.0. The summed E-state index contributed by atoms with van der Waals surface area (Å²) in [5, 5.41) is 13.6. The van der Waals surface area contributed by atoms with E-state index in [1.807, 2.05) is 35.2 Å². The van der Waals surface area contributed by atoms with E-state index in [0.29, 0.717) is 11.6 Å². The summed E-state index contributed by atoms with van der Waals surface area (Å²) < 4.78 is 5.41. The largest absolute Gasteiger partial charge is 0.480 e. The van der Waals surface area contributed by atoms with Gasteiger partial charge in [-0.25, -0.2) is 0 Å². The Labute approximate surface area is 139 Å². The number of carbonyl (C=O) groups is 1. The first-order chi connectivity index (χ1) is 11.1. The van der Waals surface area contributed by atoms with Gasteiger partial charge in [0, 0.05) is 42.8 Å². The van der Waals surface area contributed by atoms with E-state index in [0.717, 1.165) is 43.2 Å². The highest BCUT2D eigenvalue weighted by Gasteiger charge is 2.20. The summed E-state index contributed by atoms with van der Waals surface area (Å²) >= 11 is 5.89. The van der Waals surface area contributed by atoms with Crippen molar-refractivity contribution in [3.63, 3.8) is 0 Å².